The van der Waals surface area contributed by atoms with Gasteiger partial charge >= 0.3 is 0 Å². The number of rotatable bonds is 5. The first kappa shape index (κ1) is 21.6. The molecule has 4 aliphatic rings. The number of aryl methyl sites for hydroxylation is 1. The molecule has 0 unspecified atom stereocenters. The number of hydrogen-bond acceptors (Lipinski definition) is 5. The number of aromatic hydroxyl groups is 1. The van der Waals surface area contributed by atoms with Crippen LogP contribution in [0.3, 0.4) is 0 Å². The van der Waals surface area contributed by atoms with Crippen LogP contribution in [0.4, 0.5) is 0 Å². The van der Waals surface area contributed by atoms with Crippen LogP contribution >= 0.6 is 12.4 Å². The second-order valence-corrected chi connectivity index (χ2v) is 9.67. The van der Waals surface area contributed by atoms with Crippen molar-refractivity contribution in [3.05, 3.63) is 53.1 Å². The fraction of sp³-hybridized carbons (Fsp3) is 0.500. The summed E-state index contributed by atoms with van der Waals surface area (Å²) in [6, 6.07) is 12.5. The van der Waals surface area contributed by atoms with Gasteiger partial charge in [-0.3, -0.25) is 4.79 Å². The van der Waals surface area contributed by atoms with Crippen LogP contribution in [-0.4, -0.2) is 48.1 Å². The maximum Gasteiger partial charge on any atom is 0.174 e. The van der Waals surface area contributed by atoms with E-state index in [2.05, 4.69) is 36.2 Å². The van der Waals surface area contributed by atoms with Crippen molar-refractivity contribution in [3.8, 4) is 17.2 Å². The first-order chi connectivity index (χ1) is 15.1. The number of Topliss-reactive ketones (excluding diaryl/α,β-unsaturated/α-hetero) is 1. The SMILES string of the molecule is CN1CC[C@]23c4c5c(OCCCc6ccccc6)cc(O)c4O[C@H]2C(=O)CC[C@H]3[C@H]1C5.Cl. The summed E-state index contributed by atoms with van der Waals surface area (Å²) in [7, 11) is 2.20. The quantitative estimate of drug-likeness (QED) is 0.689. The zero-order valence-electron chi connectivity index (χ0n) is 18.4. The highest BCUT2D eigenvalue weighted by Crippen LogP contribution is 2.64. The highest BCUT2D eigenvalue weighted by atomic mass is 35.5. The number of carbonyl (C=O) groups excluding carboxylic acids is 1. The Labute approximate surface area is 195 Å². The van der Waals surface area contributed by atoms with E-state index in [1.54, 1.807) is 6.07 Å². The Bertz CT molecular complexity index is 1040. The topological polar surface area (TPSA) is 59.0 Å². The van der Waals surface area contributed by atoms with Crippen molar-refractivity contribution in [3.63, 3.8) is 0 Å². The van der Waals surface area contributed by atoms with Crippen molar-refractivity contribution in [1.82, 2.24) is 4.90 Å². The van der Waals surface area contributed by atoms with Gasteiger partial charge in [0.05, 0.1) is 6.61 Å². The van der Waals surface area contributed by atoms with Gasteiger partial charge in [0, 0.05) is 35.1 Å². The molecule has 2 aromatic carbocycles. The minimum atomic E-state index is -0.448. The van der Waals surface area contributed by atoms with Gasteiger partial charge in [-0.2, -0.15) is 0 Å². The van der Waals surface area contributed by atoms with E-state index in [-0.39, 0.29) is 29.4 Å². The lowest BCUT2D eigenvalue weighted by molar-refractivity contribution is -0.138. The number of ketones is 1. The molecule has 5 nitrogen and oxygen atoms in total. The lowest BCUT2D eigenvalue weighted by Crippen LogP contribution is -2.65. The predicted molar refractivity (Wildman–Crippen MR) is 124 cm³/mol. The van der Waals surface area contributed by atoms with Gasteiger partial charge in [0.2, 0.25) is 0 Å². The van der Waals surface area contributed by atoms with Crippen LogP contribution in [0.5, 0.6) is 17.2 Å². The van der Waals surface area contributed by atoms with Gasteiger partial charge in [-0.1, -0.05) is 30.3 Å². The molecule has 0 radical (unpaired) electrons. The highest BCUT2D eigenvalue weighted by Gasteiger charge is 2.66. The summed E-state index contributed by atoms with van der Waals surface area (Å²) >= 11 is 0. The summed E-state index contributed by atoms with van der Waals surface area (Å²) in [6.07, 6.45) is 4.71. The first-order valence-corrected chi connectivity index (χ1v) is 11.6. The molecule has 1 N–H and O–H groups in total. The fourth-order valence-corrected chi connectivity index (χ4v) is 6.80. The maximum absolute atomic E-state index is 12.9. The van der Waals surface area contributed by atoms with E-state index in [1.165, 1.54) is 5.56 Å². The lowest BCUT2D eigenvalue weighted by atomic mass is 9.51. The van der Waals surface area contributed by atoms with E-state index in [9.17, 15) is 9.90 Å². The van der Waals surface area contributed by atoms with Gasteiger partial charge < -0.3 is 19.5 Å². The molecule has 2 aliphatic carbocycles. The number of carbonyl (C=O) groups is 1. The van der Waals surface area contributed by atoms with Crippen LogP contribution in [-0.2, 0) is 23.1 Å². The second-order valence-electron chi connectivity index (χ2n) is 9.67. The standard InChI is InChI=1S/C26H29NO4.ClH/c1-27-12-11-26-18-9-10-20(28)25(26)31-24-21(29)15-22(17(23(24)26)14-19(18)27)30-13-5-8-16-6-3-2-4-7-16;/h2-4,6-7,15,18-19,25,29H,5,8-14H2,1H3;1H/t18-,19+,25-,26-;/m0./s1. The van der Waals surface area contributed by atoms with Crippen LogP contribution in [0.1, 0.15) is 42.4 Å². The third-order valence-electron chi connectivity index (χ3n) is 8.18. The Morgan fingerprint density at radius 3 is 2.91 bits per heavy atom. The summed E-state index contributed by atoms with van der Waals surface area (Å²) in [6.45, 7) is 1.55. The number of ether oxygens (including phenoxy) is 2. The number of piperidine rings is 1. The third kappa shape index (κ3) is 2.97. The Hall–Kier alpha value is -2.24. The molecule has 2 aromatic rings. The largest absolute Gasteiger partial charge is 0.504 e. The van der Waals surface area contributed by atoms with Gasteiger partial charge in [-0.15, -0.1) is 12.4 Å². The number of phenolic OH excluding ortho intramolecular Hbond substituents is 1. The molecule has 2 heterocycles. The summed E-state index contributed by atoms with van der Waals surface area (Å²) in [5.41, 5.74) is 3.24. The second kappa shape index (κ2) is 7.96. The van der Waals surface area contributed by atoms with Crippen LogP contribution in [0.15, 0.2) is 36.4 Å². The zero-order valence-corrected chi connectivity index (χ0v) is 19.2. The Morgan fingerprint density at radius 1 is 1.28 bits per heavy atom. The molecule has 4 atom stereocenters. The zero-order chi connectivity index (χ0) is 21.2. The van der Waals surface area contributed by atoms with Gasteiger partial charge in [0.15, 0.2) is 23.4 Å². The average Bonchev–Trinajstić information content (AvgIpc) is 3.13. The molecule has 32 heavy (non-hydrogen) atoms. The fourth-order valence-electron chi connectivity index (χ4n) is 6.80. The van der Waals surface area contributed by atoms with Crippen molar-refractivity contribution in [2.24, 2.45) is 5.92 Å². The summed E-state index contributed by atoms with van der Waals surface area (Å²) < 4.78 is 12.5. The molecule has 1 saturated carbocycles. The van der Waals surface area contributed by atoms with Crippen LogP contribution in [0, 0.1) is 5.92 Å². The molecule has 170 valence electrons. The van der Waals surface area contributed by atoms with E-state index >= 15 is 0 Å². The van der Waals surface area contributed by atoms with Crippen molar-refractivity contribution in [2.75, 3.05) is 20.2 Å². The summed E-state index contributed by atoms with van der Waals surface area (Å²) in [4.78, 5) is 15.3. The molecule has 6 rings (SSSR count). The molecular formula is C26H30ClNO4. The molecule has 2 aliphatic heterocycles. The van der Waals surface area contributed by atoms with Gasteiger partial charge in [-0.25, -0.2) is 0 Å². The van der Waals surface area contributed by atoms with E-state index in [0.717, 1.165) is 55.5 Å². The number of benzene rings is 2. The molecule has 2 bridgehead atoms. The molecule has 2 fully saturated rings. The lowest BCUT2D eigenvalue weighted by Gasteiger charge is -2.57. The Morgan fingerprint density at radius 2 is 2.09 bits per heavy atom. The Kier molecular flexibility index (Phi) is 5.37. The summed E-state index contributed by atoms with van der Waals surface area (Å²) in [5, 5.41) is 10.8. The monoisotopic (exact) mass is 455 g/mol. The molecule has 6 heteroatoms. The van der Waals surface area contributed by atoms with Crippen molar-refractivity contribution in [1.29, 1.82) is 0 Å². The van der Waals surface area contributed by atoms with E-state index in [1.807, 2.05) is 6.07 Å². The van der Waals surface area contributed by atoms with Crippen LogP contribution in [0.25, 0.3) is 0 Å². The average molecular weight is 456 g/mol. The maximum atomic E-state index is 12.9. The van der Waals surface area contributed by atoms with Crippen LogP contribution < -0.4 is 9.47 Å². The number of hydrogen-bond donors (Lipinski definition) is 1. The third-order valence-corrected chi connectivity index (χ3v) is 8.18. The number of phenols is 1. The normalized spacial score (nSPS) is 29.7. The van der Waals surface area contributed by atoms with Crippen molar-refractivity contribution >= 4 is 18.2 Å². The summed E-state index contributed by atoms with van der Waals surface area (Å²) in [5.74, 6) is 2.01. The van der Waals surface area contributed by atoms with E-state index in [4.69, 9.17) is 9.47 Å². The number of likely N-dealkylation sites (tertiary alicyclic amines) is 1. The molecular weight excluding hydrogens is 426 g/mol. The van der Waals surface area contributed by atoms with Crippen LogP contribution in [0.2, 0.25) is 0 Å². The highest BCUT2D eigenvalue weighted by molar-refractivity contribution is 5.89. The first-order valence-electron chi connectivity index (χ1n) is 11.6. The minimum absolute atomic E-state index is 0. The smallest absolute Gasteiger partial charge is 0.174 e. The predicted octanol–water partition coefficient (Wildman–Crippen LogP) is 4.06. The number of nitrogens with zero attached hydrogens (tertiary/aromatic N) is 1. The minimum Gasteiger partial charge on any atom is -0.504 e. The van der Waals surface area contributed by atoms with Crippen molar-refractivity contribution < 1.29 is 19.4 Å². The molecule has 1 saturated heterocycles. The van der Waals surface area contributed by atoms with E-state index in [0.29, 0.717) is 30.7 Å². The molecule has 0 aromatic heterocycles. The molecule has 0 amide bonds. The number of likely N-dealkylation sites (N-methyl/N-ethyl adjacent to an activating group) is 1. The van der Waals surface area contributed by atoms with Gasteiger partial charge in [-0.05, 0) is 57.2 Å². The van der Waals surface area contributed by atoms with Crippen molar-refractivity contribution in [2.45, 2.75) is 56.1 Å². The molecule has 1 spiro atoms. The van der Waals surface area contributed by atoms with Gasteiger partial charge in [0.25, 0.3) is 0 Å². The van der Waals surface area contributed by atoms with E-state index < -0.39 is 6.10 Å². The van der Waals surface area contributed by atoms with Gasteiger partial charge in [0.1, 0.15) is 5.75 Å². The number of halogens is 1. The Balaban J connectivity index is 0.00000216.